The minimum absolute atomic E-state index is 0.233. The quantitative estimate of drug-likeness (QED) is 0.490. The van der Waals surface area contributed by atoms with E-state index in [4.69, 9.17) is 16.3 Å². The van der Waals surface area contributed by atoms with E-state index in [-0.39, 0.29) is 18.4 Å². The highest BCUT2D eigenvalue weighted by molar-refractivity contribution is 6.30. The molecule has 0 saturated carbocycles. The van der Waals surface area contributed by atoms with Crippen molar-refractivity contribution in [3.8, 4) is 0 Å². The number of halogens is 1. The summed E-state index contributed by atoms with van der Waals surface area (Å²) in [4.78, 5) is 43.1. The summed E-state index contributed by atoms with van der Waals surface area (Å²) in [6.07, 6.45) is 1.77. The summed E-state index contributed by atoms with van der Waals surface area (Å²) in [5, 5.41) is 16.9. The van der Waals surface area contributed by atoms with Gasteiger partial charge in [0.05, 0.1) is 30.1 Å². The maximum atomic E-state index is 14.2. The predicted octanol–water partition coefficient (Wildman–Crippen LogP) is 3.30. The summed E-state index contributed by atoms with van der Waals surface area (Å²) < 4.78 is 6.62. The first kappa shape index (κ1) is 25.7. The zero-order valence-corrected chi connectivity index (χ0v) is 21.7. The van der Waals surface area contributed by atoms with Crippen molar-refractivity contribution in [2.45, 2.75) is 56.4 Å². The van der Waals surface area contributed by atoms with Gasteiger partial charge in [-0.2, -0.15) is 0 Å². The van der Waals surface area contributed by atoms with E-state index in [1.54, 1.807) is 24.3 Å². The van der Waals surface area contributed by atoms with Crippen LogP contribution >= 0.6 is 11.6 Å². The number of nitrogens with one attached hydrogen (secondary N) is 2. The predicted molar refractivity (Wildman–Crippen MR) is 139 cm³/mol. The van der Waals surface area contributed by atoms with Crippen LogP contribution in [0.4, 0.5) is 5.69 Å². The Bertz CT molecular complexity index is 1190. The number of hydrogen-bond acceptors (Lipinski definition) is 5. The number of nitrogens with zero attached hydrogens (tertiary/aromatic N) is 1. The third-order valence-corrected chi connectivity index (χ3v) is 8.35. The fourth-order valence-corrected chi connectivity index (χ4v) is 6.66. The zero-order chi connectivity index (χ0) is 26.4. The number of amides is 3. The minimum Gasteiger partial charge on any atom is -0.394 e. The lowest BCUT2D eigenvalue weighted by molar-refractivity contribution is -0.148. The summed E-state index contributed by atoms with van der Waals surface area (Å²) in [6.45, 7) is 3.94. The molecule has 196 valence electrons. The lowest BCUT2D eigenvalue weighted by Crippen LogP contribution is -2.54. The minimum atomic E-state index is -1.18. The molecule has 3 aliphatic rings. The topological polar surface area (TPSA) is 108 Å². The Morgan fingerprint density at radius 3 is 2.49 bits per heavy atom. The number of rotatable bonds is 8. The van der Waals surface area contributed by atoms with E-state index in [9.17, 15) is 19.5 Å². The maximum Gasteiger partial charge on any atom is 0.250 e. The van der Waals surface area contributed by atoms with Crippen LogP contribution < -0.4 is 10.6 Å². The number of anilines is 1. The summed E-state index contributed by atoms with van der Waals surface area (Å²) in [7, 11) is 0. The Morgan fingerprint density at radius 1 is 1.14 bits per heavy atom. The van der Waals surface area contributed by atoms with Gasteiger partial charge in [-0.25, -0.2) is 0 Å². The van der Waals surface area contributed by atoms with Crippen LogP contribution in [0.5, 0.6) is 0 Å². The van der Waals surface area contributed by atoms with E-state index in [1.165, 1.54) is 4.90 Å². The molecule has 0 aromatic heterocycles. The van der Waals surface area contributed by atoms with Gasteiger partial charge < -0.3 is 25.4 Å². The number of benzene rings is 2. The van der Waals surface area contributed by atoms with Gasteiger partial charge >= 0.3 is 0 Å². The molecule has 3 fully saturated rings. The summed E-state index contributed by atoms with van der Waals surface area (Å²) in [6, 6.07) is 14.0. The molecule has 0 radical (unpaired) electrons. The molecule has 37 heavy (non-hydrogen) atoms. The first-order valence-corrected chi connectivity index (χ1v) is 13.2. The molecule has 3 saturated heterocycles. The standard InChI is InChI=1S/C28H32ClN3O5/c1-3-15-30-24(34)21-22-26(36)32(20(16-33)17-7-5-4-6-8-17)23(28(22)14-13-27(21,2)37-28)25(35)31-19-11-9-18(29)10-12-19/h4-12,20-23,33H,3,13-16H2,1-2H3,(H,30,34)(H,31,35)/t20-,21-,22+,23?,27+,28?/m1/s1. The van der Waals surface area contributed by atoms with Crippen molar-refractivity contribution in [2.75, 3.05) is 18.5 Å². The normalized spacial score (nSPS) is 30.8. The van der Waals surface area contributed by atoms with Crippen LogP contribution in [0.2, 0.25) is 5.02 Å². The molecule has 1 spiro atoms. The number of carbonyl (C=O) groups is 3. The van der Waals surface area contributed by atoms with Gasteiger partial charge in [-0.3, -0.25) is 14.4 Å². The van der Waals surface area contributed by atoms with Crippen molar-refractivity contribution >= 4 is 35.0 Å². The third-order valence-electron chi connectivity index (χ3n) is 8.10. The molecule has 5 rings (SSSR count). The Hall–Kier alpha value is -2.94. The highest BCUT2D eigenvalue weighted by Gasteiger charge is 2.78. The number of fused-ring (bicyclic) bond motifs is 1. The van der Waals surface area contributed by atoms with Crippen molar-refractivity contribution in [3.05, 3.63) is 65.2 Å². The average molecular weight is 526 g/mol. The summed E-state index contributed by atoms with van der Waals surface area (Å²) >= 11 is 6.01. The Morgan fingerprint density at radius 2 is 1.84 bits per heavy atom. The summed E-state index contributed by atoms with van der Waals surface area (Å²) in [5.74, 6) is -2.57. The van der Waals surface area contributed by atoms with Gasteiger partial charge in [0, 0.05) is 17.3 Å². The molecule has 0 aliphatic carbocycles. The third kappa shape index (κ3) is 4.11. The molecular formula is C28H32ClN3O5. The SMILES string of the molecule is CCCNC(=O)[C@H]1[C@H]2C(=O)N([C@H](CO)c3ccccc3)C(C(=O)Nc3ccc(Cl)cc3)C23CC[C@]1(C)O3. The van der Waals surface area contributed by atoms with Crippen molar-refractivity contribution in [1.29, 1.82) is 0 Å². The summed E-state index contributed by atoms with van der Waals surface area (Å²) in [5.41, 5.74) is -0.812. The van der Waals surface area contributed by atoms with E-state index in [0.717, 1.165) is 6.42 Å². The first-order chi connectivity index (χ1) is 17.8. The van der Waals surface area contributed by atoms with E-state index < -0.39 is 41.0 Å². The molecular weight excluding hydrogens is 494 g/mol. The van der Waals surface area contributed by atoms with Crippen molar-refractivity contribution in [1.82, 2.24) is 10.2 Å². The van der Waals surface area contributed by atoms with Crippen LogP contribution in [-0.4, -0.2) is 58.1 Å². The molecule has 9 heteroatoms. The molecule has 2 aromatic rings. The fraction of sp³-hybridized carbons (Fsp3) is 0.464. The van der Waals surface area contributed by atoms with E-state index in [0.29, 0.717) is 35.7 Å². The van der Waals surface area contributed by atoms with Gasteiger partial charge in [0.25, 0.3) is 0 Å². The largest absolute Gasteiger partial charge is 0.394 e. The van der Waals surface area contributed by atoms with Crippen LogP contribution in [-0.2, 0) is 19.1 Å². The molecule has 8 nitrogen and oxygen atoms in total. The van der Waals surface area contributed by atoms with Crippen LogP contribution in [0, 0.1) is 11.8 Å². The van der Waals surface area contributed by atoms with Crippen molar-refractivity contribution in [2.24, 2.45) is 11.8 Å². The van der Waals surface area contributed by atoms with Crippen LogP contribution in [0.25, 0.3) is 0 Å². The number of ether oxygens (including phenoxy) is 1. The van der Waals surface area contributed by atoms with Crippen molar-refractivity contribution in [3.63, 3.8) is 0 Å². The van der Waals surface area contributed by atoms with E-state index in [1.807, 2.05) is 44.2 Å². The van der Waals surface area contributed by atoms with Gasteiger partial charge in [-0.15, -0.1) is 0 Å². The second kappa shape index (κ2) is 9.74. The smallest absolute Gasteiger partial charge is 0.250 e. The van der Waals surface area contributed by atoms with Gasteiger partial charge in [-0.05, 0) is 56.0 Å². The molecule has 3 aliphatic heterocycles. The average Bonchev–Trinajstić information content (AvgIpc) is 3.46. The molecule has 2 unspecified atom stereocenters. The van der Waals surface area contributed by atoms with E-state index in [2.05, 4.69) is 10.6 Å². The molecule has 6 atom stereocenters. The van der Waals surface area contributed by atoms with Crippen LogP contribution in [0.15, 0.2) is 54.6 Å². The molecule has 3 heterocycles. The highest BCUT2D eigenvalue weighted by atomic mass is 35.5. The number of aliphatic hydroxyl groups excluding tert-OH is 1. The molecule has 3 N–H and O–H groups in total. The van der Waals surface area contributed by atoms with Crippen LogP contribution in [0.3, 0.4) is 0 Å². The first-order valence-electron chi connectivity index (χ1n) is 12.8. The lowest BCUT2D eigenvalue weighted by Gasteiger charge is -2.37. The van der Waals surface area contributed by atoms with Gasteiger partial charge in [0.1, 0.15) is 11.6 Å². The Balaban J connectivity index is 1.59. The second-order valence-electron chi connectivity index (χ2n) is 10.4. The van der Waals surface area contributed by atoms with Crippen LogP contribution in [0.1, 0.15) is 44.7 Å². The molecule has 3 amide bonds. The number of likely N-dealkylation sites (tertiary alicyclic amines) is 1. The Kier molecular flexibility index (Phi) is 6.77. The maximum absolute atomic E-state index is 14.2. The lowest BCUT2D eigenvalue weighted by atomic mass is 9.66. The highest BCUT2D eigenvalue weighted by Crippen LogP contribution is 2.64. The van der Waals surface area contributed by atoms with Gasteiger partial charge in [-0.1, -0.05) is 48.9 Å². The monoisotopic (exact) mass is 525 g/mol. The number of hydrogen-bond donors (Lipinski definition) is 3. The molecule has 2 aromatic carbocycles. The molecule has 2 bridgehead atoms. The Labute approximate surface area is 221 Å². The van der Waals surface area contributed by atoms with Gasteiger partial charge in [0.15, 0.2) is 0 Å². The second-order valence-corrected chi connectivity index (χ2v) is 10.8. The number of carbonyl (C=O) groups excluding carboxylic acids is 3. The number of aliphatic hydroxyl groups is 1. The zero-order valence-electron chi connectivity index (χ0n) is 20.9. The fourth-order valence-electron chi connectivity index (χ4n) is 6.53. The van der Waals surface area contributed by atoms with Gasteiger partial charge in [0.2, 0.25) is 17.7 Å². The van der Waals surface area contributed by atoms with E-state index >= 15 is 0 Å². The van der Waals surface area contributed by atoms with Crippen molar-refractivity contribution < 1.29 is 24.2 Å².